The Kier molecular flexibility index (Phi) is 7.68. The highest BCUT2D eigenvalue weighted by Crippen LogP contribution is 2.40. The molecule has 0 saturated carbocycles. The first-order valence-electron chi connectivity index (χ1n) is 9.97. The van der Waals surface area contributed by atoms with Crippen LogP contribution < -0.4 is 10.6 Å². The first-order valence-corrected chi connectivity index (χ1v) is 11.0. The van der Waals surface area contributed by atoms with Crippen molar-refractivity contribution < 1.29 is 19.1 Å². The van der Waals surface area contributed by atoms with E-state index in [1.54, 1.807) is 12.1 Å². The number of ether oxygens (including phenoxy) is 1. The van der Waals surface area contributed by atoms with Crippen LogP contribution in [0.25, 0.3) is 0 Å². The minimum Gasteiger partial charge on any atom is -0.468 e. The smallest absolute Gasteiger partial charge is 0.319 e. The molecule has 0 radical (unpaired) electrons. The van der Waals surface area contributed by atoms with Gasteiger partial charge in [-0.1, -0.05) is 71.9 Å². The summed E-state index contributed by atoms with van der Waals surface area (Å²) in [6.07, 6.45) is 0. The zero-order valence-electron chi connectivity index (χ0n) is 17.8. The molecule has 8 heteroatoms. The lowest BCUT2D eigenvalue weighted by molar-refractivity contribution is -0.150. The largest absolute Gasteiger partial charge is 0.468 e. The van der Waals surface area contributed by atoms with E-state index in [1.807, 2.05) is 49.4 Å². The zero-order chi connectivity index (χ0) is 23.1. The Hall–Kier alpha value is -3.57. The van der Waals surface area contributed by atoms with Crippen LogP contribution in [0, 0.1) is 24.2 Å². The van der Waals surface area contributed by atoms with Crippen LogP contribution in [-0.2, 0) is 25.7 Å². The molecule has 164 valence electrons. The molecule has 2 aromatic carbocycles. The average Bonchev–Trinajstić information content (AvgIpc) is 2.81. The monoisotopic (exact) mass is 449 g/mol. The number of nitrogens with zero attached hydrogens (tertiary/aromatic N) is 1. The molecule has 0 aromatic heterocycles. The summed E-state index contributed by atoms with van der Waals surface area (Å²) in [6.45, 7) is 2.30. The zero-order valence-corrected chi connectivity index (χ0v) is 18.6. The van der Waals surface area contributed by atoms with E-state index in [2.05, 4.69) is 16.7 Å². The summed E-state index contributed by atoms with van der Waals surface area (Å²) < 4.78 is 4.83. The van der Waals surface area contributed by atoms with Crippen molar-refractivity contribution >= 4 is 29.5 Å². The van der Waals surface area contributed by atoms with Crippen molar-refractivity contribution in [1.82, 2.24) is 10.6 Å². The summed E-state index contributed by atoms with van der Waals surface area (Å²) in [5.74, 6) is -3.49. The van der Waals surface area contributed by atoms with Crippen LogP contribution >= 0.6 is 11.8 Å². The lowest BCUT2D eigenvalue weighted by atomic mass is 9.78. The van der Waals surface area contributed by atoms with Crippen LogP contribution in [0.4, 0.5) is 0 Å². The summed E-state index contributed by atoms with van der Waals surface area (Å²) in [5.41, 5.74) is 2.86. The molecule has 0 bridgehead atoms. The molecule has 2 N–H and O–H groups in total. The molecule has 0 saturated heterocycles. The molecule has 0 unspecified atom stereocenters. The number of hydrogen-bond donors (Lipinski definition) is 2. The number of nitrogens with one attached hydrogen (secondary N) is 2. The molecule has 2 atom stereocenters. The number of methoxy groups -OCH3 is 1. The summed E-state index contributed by atoms with van der Waals surface area (Å²) >= 11 is 1.06. The summed E-state index contributed by atoms with van der Waals surface area (Å²) in [5, 5.41) is 15.6. The Balaban J connectivity index is 1.82. The van der Waals surface area contributed by atoms with Gasteiger partial charge in [0.05, 0.1) is 29.5 Å². The molecule has 1 aliphatic heterocycles. The Labute approximate surface area is 190 Å². The molecule has 7 nitrogen and oxygen atoms in total. The fourth-order valence-electron chi connectivity index (χ4n) is 3.44. The summed E-state index contributed by atoms with van der Waals surface area (Å²) in [4.78, 5) is 37.5. The van der Waals surface area contributed by atoms with Gasteiger partial charge < -0.3 is 15.4 Å². The van der Waals surface area contributed by atoms with E-state index in [9.17, 15) is 19.6 Å². The van der Waals surface area contributed by atoms with Crippen molar-refractivity contribution in [1.29, 1.82) is 5.26 Å². The van der Waals surface area contributed by atoms with Crippen LogP contribution in [0.1, 0.15) is 22.6 Å². The highest BCUT2D eigenvalue weighted by Gasteiger charge is 2.44. The number of thioether (sulfide) groups is 1. The van der Waals surface area contributed by atoms with Gasteiger partial charge in [-0.25, -0.2) is 0 Å². The van der Waals surface area contributed by atoms with Crippen molar-refractivity contribution in [3.8, 4) is 6.07 Å². The predicted molar refractivity (Wildman–Crippen MR) is 121 cm³/mol. The minimum atomic E-state index is -1.19. The van der Waals surface area contributed by atoms with Crippen molar-refractivity contribution in [3.05, 3.63) is 81.9 Å². The highest BCUT2D eigenvalue weighted by atomic mass is 32.2. The fraction of sp³-hybridized carbons (Fsp3) is 0.250. The number of aryl methyl sites for hydroxylation is 1. The first kappa shape index (κ1) is 23.1. The van der Waals surface area contributed by atoms with E-state index >= 15 is 0 Å². The highest BCUT2D eigenvalue weighted by molar-refractivity contribution is 8.03. The minimum absolute atomic E-state index is 0.0110. The molecule has 0 spiro atoms. The molecule has 32 heavy (non-hydrogen) atoms. The quantitative estimate of drug-likeness (QED) is 0.497. The second-order valence-electron chi connectivity index (χ2n) is 7.28. The van der Waals surface area contributed by atoms with Crippen molar-refractivity contribution in [2.75, 3.05) is 12.9 Å². The standard InChI is InChI=1S/C24H23N3O4S/c1-15-8-10-17(11-9-15)20-18(12-25)23(27-22(29)21(20)24(30)31-2)32-14-19(28)26-13-16-6-4-3-5-7-16/h3-11,20-21H,13-14H2,1-2H3,(H,26,28)(H,27,29)/t20-,21-/m0/s1. The van der Waals surface area contributed by atoms with Crippen molar-refractivity contribution in [3.63, 3.8) is 0 Å². The second-order valence-corrected chi connectivity index (χ2v) is 8.27. The van der Waals surface area contributed by atoms with Gasteiger partial charge >= 0.3 is 5.97 Å². The third-order valence-electron chi connectivity index (χ3n) is 5.10. The van der Waals surface area contributed by atoms with Crippen LogP contribution in [0.3, 0.4) is 0 Å². The Morgan fingerprint density at radius 3 is 2.47 bits per heavy atom. The number of hydrogen-bond acceptors (Lipinski definition) is 6. The van der Waals surface area contributed by atoms with E-state index in [-0.39, 0.29) is 22.3 Å². The average molecular weight is 450 g/mol. The Bertz CT molecular complexity index is 1070. The van der Waals surface area contributed by atoms with Gasteiger partial charge in [0.2, 0.25) is 11.8 Å². The molecule has 2 aromatic rings. The van der Waals surface area contributed by atoms with Gasteiger partial charge in [-0.2, -0.15) is 5.26 Å². The molecular weight excluding hydrogens is 426 g/mol. The normalized spacial score (nSPS) is 17.8. The molecular formula is C24H23N3O4S. The molecule has 2 amide bonds. The van der Waals surface area contributed by atoms with Gasteiger partial charge in [-0.05, 0) is 18.1 Å². The number of rotatable bonds is 7. The van der Waals surface area contributed by atoms with Gasteiger partial charge in [0.25, 0.3) is 0 Å². The number of carbonyl (C=O) groups is 3. The van der Waals surface area contributed by atoms with E-state index in [0.29, 0.717) is 12.1 Å². The van der Waals surface area contributed by atoms with Crippen LogP contribution in [0.2, 0.25) is 0 Å². The number of nitriles is 1. The van der Waals surface area contributed by atoms with E-state index < -0.39 is 23.7 Å². The number of carbonyl (C=O) groups excluding carboxylic acids is 3. The summed E-state index contributed by atoms with van der Waals surface area (Å²) in [6, 6.07) is 18.9. The maximum Gasteiger partial charge on any atom is 0.319 e. The van der Waals surface area contributed by atoms with E-state index in [4.69, 9.17) is 4.74 Å². The molecule has 3 rings (SSSR count). The lowest BCUT2D eigenvalue weighted by Crippen LogP contribution is -2.44. The molecule has 0 fully saturated rings. The third kappa shape index (κ3) is 5.37. The lowest BCUT2D eigenvalue weighted by Gasteiger charge is -2.31. The Morgan fingerprint density at radius 1 is 1.16 bits per heavy atom. The SMILES string of the molecule is COC(=O)[C@@H]1C(=O)NC(SCC(=O)NCc2ccccc2)=C(C#N)[C@@H]1c1ccc(C)cc1. The number of allylic oxidation sites excluding steroid dienone is 1. The van der Waals surface area contributed by atoms with Crippen molar-refractivity contribution in [2.24, 2.45) is 5.92 Å². The Morgan fingerprint density at radius 2 is 1.84 bits per heavy atom. The van der Waals surface area contributed by atoms with Crippen molar-refractivity contribution in [2.45, 2.75) is 19.4 Å². The van der Waals surface area contributed by atoms with Crippen LogP contribution in [0.15, 0.2) is 65.2 Å². The van der Waals surface area contributed by atoms with Crippen LogP contribution in [0.5, 0.6) is 0 Å². The summed E-state index contributed by atoms with van der Waals surface area (Å²) in [7, 11) is 1.21. The van der Waals surface area contributed by atoms with Gasteiger partial charge in [0, 0.05) is 12.5 Å². The van der Waals surface area contributed by atoms with E-state index in [0.717, 1.165) is 22.9 Å². The molecule has 0 aliphatic carbocycles. The van der Waals surface area contributed by atoms with Crippen LogP contribution in [-0.4, -0.2) is 30.6 Å². The topological polar surface area (TPSA) is 108 Å². The van der Waals surface area contributed by atoms with Gasteiger partial charge in [0.15, 0.2) is 0 Å². The van der Waals surface area contributed by atoms with E-state index in [1.165, 1.54) is 7.11 Å². The second kappa shape index (κ2) is 10.6. The number of esters is 1. The predicted octanol–water partition coefficient (Wildman–Crippen LogP) is 2.78. The fourth-order valence-corrected chi connectivity index (χ4v) is 4.32. The number of benzene rings is 2. The van der Waals surface area contributed by atoms with Gasteiger partial charge in [-0.15, -0.1) is 0 Å². The molecule has 1 heterocycles. The maximum absolute atomic E-state index is 12.8. The first-order chi connectivity index (χ1) is 15.4. The molecule has 1 aliphatic rings. The van der Waals surface area contributed by atoms with Gasteiger partial charge in [0.1, 0.15) is 5.92 Å². The third-order valence-corrected chi connectivity index (χ3v) is 6.12. The maximum atomic E-state index is 12.8. The van der Waals surface area contributed by atoms with Gasteiger partial charge in [-0.3, -0.25) is 14.4 Å². The number of amides is 2.